The number of rotatable bonds is 4. The lowest BCUT2D eigenvalue weighted by molar-refractivity contribution is -0.121. The molecule has 25 heavy (non-hydrogen) atoms. The lowest BCUT2D eigenvalue weighted by Crippen LogP contribution is -2.29. The van der Waals surface area contributed by atoms with E-state index >= 15 is 0 Å². The zero-order chi connectivity index (χ0) is 17.4. The molecule has 0 spiro atoms. The first-order valence-electron chi connectivity index (χ1n) is 8.05. The van der Waals surface area contributed by atoms with Gasteiger partial charge in [0.1, 0.15) is 17.4 Å². The average Bonchev–Trinajstić information content (AvgIpc) is 3.16. The highest BCUT2D eigenvalue weighted by atomic mass is 32.1. The summed E-state index contributed by atoms with van der Waals surface area (Å²) in [6.07, 6.45) is 0.572. The van der Waals surface area contributed by atoms with E-state index < -0.39 is 0 Å². The van der Waals surface area contributed by atoms with Crippen molar-refractivity contribution in [2.24, 2.45) is 0 Å². The van der Waals surface area contributed by atoms with Gasteiger partial charge in [0.25, 0.3) is 0 Å². The number of fused-ring (bicyclic) bond motifs is 1. The van der Waals surface area contributed by atoms with Crippen LogP contribution in [0.15, 0.2) is 42.5 Å². The molecule has 4 rings (SSSR count). The topological polar surface area (TPSA) is 59.5 Å². The lowest BCUT2D eigenvalue weighted by Gasteiger charge is -2.17. The Balaban J connectivity index is 1.51. The van der Waals surface area contributed by atoms with Gasteiger partial charge in [-0.15, -0.1) is 11.3 Å². The van der Waals surface area contributed by atoms with E-state index in [1.807, 2.05) is 37.3 Å². The number of hydrogen-bond acceptors (Lipinski definition) is 5. The molecule has 1 saturated heterocycles. The van der Waals surface area contributed by atoms with Gasteiger partial charge in [0.05, 0.1) is 15.9 Å². The molecular formula is C19H16N2O3S. The number of carbonyl (C=O) groups is 2. The van der Waals surface area contributed by atoms with Crippen LogP contribution in [0.2, 0.25) is 0 Å². The van der Waals surface area contributed by atoms with Crippen LogP contribution in [0.4, 0.5) is 5.69 Å². The molecule has 2 amide bonds. The van der Waals surface area contributed by atoms with Gasteiger partial charge in [0, 0.05) is 12.8 Å². The van der Waals surface area contributed by atoms with Crippen LogP contribution in [-0.2, 0) is 16.2 Å². The zero-order valence-corrected chi connectivity index (χ0v) is 14.5. The van der Waals surface area contributed by atoms with Crippen molar-refractivity contribution >= 4 is 39.1 Å². The fraction of sp³-hybridized carbons (Fsp3) is 0.211. The van der Waals surface area contributed by atoms with Crippen molar-refractivity contribution in [1.82, 2.24) is 4.98 Å². The number of aryl methyl sites for hydroxylation is 1. The van der Waals surface area contributed by atoms with Crippen LogP contribution in [0.25, 0.3) is 10.2 Å². The molecule has 0 atom stereocenters. The van der Waals surface area contributed by atoms with E-state index in [9.17, 15) is 9.59 Å². The van der Waals surface area contributed by atoms with Gasteiger partial charge < -0.3 is 4.74 Å². The number of imide groups is 1. The summed E-state index contributed by atoms with van der Waals surface area (Å²) >= 11 is 1.61. The quantitative estimate of drug-likeness (QED) is 0.670. The molecule has 0 N–H and O–H groups in total. The third-order valence-corrected chi connectivity index (χ3v) is 5.17. The normalized spacial score (nSPS) is 14.5. The number of thiazole rings is 1. The fourth-order valence-electron chi connectivity index (χ4n) is 2.94. The van der Waals surface area contributed by atoms with E-state index in [4.69, 9.17) is 4.74 Å². The summed E-state index contributed by atoms with van der Waals surface area (Å²) in [7, 11) is 0. The van der Waals surface area contributed by atoms with Crippen molar-refractivity contribution in [1.29, 1.82) is 0 Å². The van der Waals surface area contributed by atoms with Gasteiger partial charge in [-0.1, -0.05) is 12.1 Å². The lowest BCUT2D eigenvalue weighted by atomic mass is 10.1. The molecule has 5 nitrogen and oxygen atoms in total. The Morgan fingerprint density at radius 2 is 1.88 bits per heavy atom. The standard InChI is InChI=1S/C19H16N2O3S/c1-12-10-13(6-7-15(12)21-18(22)8-9-19(21)23)24-11-17-20-14-4-2-3-5-16(14)25-17/h2-7,10H,8-9,11H2,1H3. The summed E-state index contributed by atoms with van der Waals surface area (Å²) in [5, 5.41) is 0.910. The van der Waals surface area contributed by atoms with Gasteiger partial charge in [0.2, 0.25) is 11.8 Å². The largest absolute Gasteiger partial charge is 0.486 e. The van der Waals surface area contributed by atoms with Crippen LogP contribution in [0, 0.1) is 6.92 Å². The third-order valence-electron chi connectivity index (χ3n) is 4.16. The third kappa shape index (κ3) is 3.00. The average molecular weight is 352 g/mol. The Hall–Kier alpha value is -2.73. The van der Waals surface area contributed by atoms with Gasteiger partial charge in [-0.2, -0.15) is 0 Å². The molecule has 126 valence electrons. The molecule has 1 aliphatic rings. The smallest absolute Gasteiger partial charge is 0.234 e. The second-order valence-corrected chi connectivity index (χ2v) is 7.05. The van der Waals surface area contributed by atoms with E-state index in [-0.39, 0.29) is 24.7 Å². The number of aromatic nitrogens is 1. The summed E-state index contributed by atoms with van der Waals surface area (Å²) in [5.41, 5.74) is 2.45. The first-order valence-corrected chi connectivity index (χ1v) is 8.87. The van der Waals surface area contributed by atoms with Gasteiger partial charge >= 0.3 is 0 Å². The van der Waals surface area contributed by atoms with Crippen LogP contribution >= 0.6 is 11.3 Å². The maximum atomic E-state index is 11.9. The monoisotopic (exact) mass is 352 g/mol. The summed E-state index contributed by atoms with van der Waals surface area (Å²) in [6, 6.07) is 13.4. The van der Waals surface area contributed by atoms with E-state index in [1.165, 1.54) is 4.90 Å². The van der Waals surface area contributed by atoms with Gasteiger partial charge in [-0.3, -0.25) is 14.5 Å². The number of amides is 2. The SMILES string of the molecule is Cc1cc(OCc2nc3ccccc3s2)ccc1N1C(=O)CCC1=O. The number of ether oxygens (including phenoxy) is 1. The van der Waals surface area contributed by atoms with Crippen LogP contribution < -0.4 is 9.64 Å². The van der Waals surface area contributed by atoms with Crippen molar-refractivity contribution in [3.63, 3.8) is 0 Å². The predicted molar refractivity (Wildman–Crippen MR) is 96.9 cm³/mol. The molecule has 1 fully saturated rings. The zero-order valence-electron chi connectivity index (χ0n) is 13.7. The highest BCUT2D eigenvalue weighted by Gasteiger charge is 2.31. The van der Waals surface area contributed by atoms with Gasteiger partial charge in [-0.05, 0) is 42.8 Å². The highest BCUT2D eigenvalue weighted by Crippen LogP contribution is 2.30. The summed E-state index contributed by atoms with van der Waals surface area (Å²) in [4.78, 5) is 29.6. The molecule has 0 unspecified atom stereocenters. The molecule has 0 saturated carbocycles. The Morgan fingerprint density at radius 3 is 2.60 bits per heavy atom. The number of hydrogen-bond donors (Lipinski definition) is 0. The maximum absolute atomic E-state index is 11.9. The molecule has 0 aliphatic carbocycles. The molecule has 3 aromatic rings. The summed E-state index contributed by atoms with van der Waals surface area (Å²) < 4.78 is 6.97. The van der Waals surface area contributed by atoms with E-state index in [2.05, 4.69) is 4.98 Å². The number of carbonyl (C=O) groups excluding carboxylic acids is 2. The van der Waals surface area contributed by atoms with Crippen LogP contribution in [0.5, 0.6) is 5.75 Å². The van der Waals surface area contributed by atoms with Crippen LogP contribution in [-0.4, -0.2) is 16.8 Å². The summed E-state index contributed by atoms with van der Waals surface area (Å²) in [5.74, 6) is 0.409. The van der Waals surface area contributed by atoms with Gasteiger partial charge in [-0.25, -0.2) is 4.98 Å². The Bertz CT molecular complexity index is 931. The molecule has 2 heterocycles. The van der Waals surface area contributed by atoms with Crippen LogP contribution in [0.3, 0.4) is 0 Å². The number of benzene rings is 2. The molecule has 0 radical (unpaired) electrons. The molecule has 6 heteroatoms. The molecule has 1 aliphatic heterocycles. The first kappa shape index (κ1) is 15.8. The van der Waals surface area contributed by atoms with Crippen molar-refractivity contribution < 1.29 is 14.3 Å². The minimum absolute atomic E-state index is 0.142. The number of anilines is 1. The molecule has 1 aromatic heterocycles. The van der Waals surface area contributed by atoms with E-state index in [0.717, 1.165) is 20.8 Å². The van der Waals surface area contributed by atoms with Crippen molar-refractivity contribution in [3.8, 4) is 5.75 Å². The molecule has 2 aromatic carbocycles. The summed E-state index contributed by atoms with van der Waals surface area (Å²) in [6.45, 7) is 2.26. The van der Waals surface area contributed by atoms with Crippen LogP contribution in [0.1, 0.15) is 23.4 Å². The molecule has 0 bridgehead atoms. The van der Waals surface area contributed by atoms with Crippen molar-refractivity contribution in [3.05, 3.63) is 53.0 Å². The van der Waals surface area contributed by atoms with E-state index in [0.29, 0.717) is 18.0 Å². The number of para-hydroxylation sites is 1. The first-order chi connectivity index (χ1) is 12.1. The highest BCUT2D eigenvalue weighted by molar-refractivity contribution is 7.18. The van der Waals surface area contributed by atoms with Crippen molar-refractivity contribution in [2.75, 3.05) is 4.90 Å². The predicted octanol–water partition coefficient (Wildman–Crippen LogP) is 3.84. The van der Waals surface area contributed by atoms with Crippen molar-refractivity contribution in [2.45, 2.75) is 26.4 Å². The van der Waals surface area contributed by atoms with Gasteiger partial charge in [0.15, 0.2) is 0 Å². The minimum Gasteiger partial charge on any atom is -0.486 e. The Labute approximate surface area is 148 Å². The van der Waals surface area contributed by atoms with E-state index in [1.54, 1.807) is 23.5 Å². The second kappa shape index (κ2) is 6.29. The number of nitrogens with zero attached hydrogens (tertiary/aromatic N) is 2. The second-order valence-electron chi connectivity index (χ2n) is 5.94. The minimum atomic E-state index is -0.142. The maximum Gasteiger partial charge on any atom is 0.234 e. The molecular weight excluding hydrogens is 336 g/mol. The Kier molecular flexibility index (Phi) is 3.97. The fourth-order valence-corrected chi connectivity index (χ4v) is 3.82. The Morgan fingerprint density at radius 1 is 1.12 bits per heavy atom.